The van der Waals surface area contributed by atoms with E-state index in [9.17, 15) is 26.4 Å². The predicted octanol–water partition coefficient (Wildman–Crippen LogP) is 2.09. The van der Waals surface area contributed by atoms with Crippen molar-refractivity contribution < 1.29 is 31.1 Å². The van der Waals surface area contributed by atoms with Crippen molar-refractivity contribution in [2.24, 2.45) is 5.73 Å². The van der Waals surface area contributed by atoms with E-state index < -0.39 is 39.0 Å². The maximum Gasteiger partial charge on any atom is 0.573 e. The zero-order valence-corrected chi connectivity index (χ0v) is 13.3. The lowest BCUT2D eigenvalue weighted by molar-refractivity contribution is -0.275. The molecule has 1 unspecified atom stereocenters. The summed E-state index contributed by atoms with van der Waals surface area (Å²) in [6.07, 6.45) is -5.08. The largest absolute Gasteiger partial charge is 0.573 e. The number of halogens is 3. The first-order chi connectivity index (χ1) is 11.6. The summed E-state index contributed by atoms with van der Waals surface area (Å²) in [5.74, 6) is -1.93. The van der Waals surface area contributed by atoms with Gasteiger partial charge in [0.1, 0.15) is 16.7 Å². The molecule has 0 spiro atoms. The number of benzene rings is 2. The number of nitrogens with two attached hydrogens (primary N) is 1. The maximum atomic E-state index is 12.5. The highest BCUT2D eigenvalue weighted by molar-refractivity contribution is 7.89. The van der Waals surface area contributed by atoms with Crippen LogP contribution in [0, 0.1) is 0 Å². The van der Waals surface area contributed by atoms with Crippen LogP contribution in [0.3, 0.4) is 0 Å². The van der Waals surface area contributed by atoms with Crippen molar-refractivity contribution in [3.63, 3.8) is 0 Å². The third-order valence-electron chi connectivity index (χ3n) is 3.05. The second-order valence-corrected chi connectivity index (χ2v) is 6.54. The van der Waals surface area contributed by atoms with Crippen LogP contribution in [-0.2, 0) is 14.8 Å². The minimum Gasteiger partial charge on any atom is -0.404 e. The summed E-state index contributed by atoms with van der Waals surface area (Å²) in [4.78, 5) is 10.8. The minimum atomic E-state index is -5.08. The van der Waals surface area contributed by atoms with Crippen molar-refractivity contribution in [2.75, 3.05) is 0 Å². The number of nitrogens with one attached hydrogen (secondary N) is 1. The van der Waals surface area contributed by atoms with Gasteiger partial charge >= 0.3 is 6.36 Å². The van der Waals surface area contributed by atoms with Crippen LogP contribution in [0.5, 0.6) is 5.75 Å². The van der Waals surface area contributed by atoms with Gasteiger partial charge in [-0.05, 0) is 17.7 Å². The van der Waals surface area contributed by atoms with Crippen LogP contribution in [0.1, 0.15) is 11.6 Å². The van der Waals surface area contributed by atoms with Crippen LogP contribution in [0.15, 0.2) is 59.5 Å². The Morgan fingerprint density at radius 3 is 2.16 bits per heavy atom. The fourth-order valence-electron chi connectivity index (χ4n) is 2.04. The second kappa shape index (κ2) is 7.11. The zero-order valence-electron chi connectivity index (χ0n) is 12.5. The summed E-state index contributed by atoms with van der Waals surface area (Å²) >= 11 is 0. The third kappa shape index (κ3) is 4.94. The van der Waals surface area contributed by atoms with Crippen molar-refractivity contribution >= 4 is 15.9 Å². The number of amides is 1. The first kappa shape index (κ1) is 18.7. The number of hydrogen-bond acceptors (Lipinski definition) is 4. The molecule has 0 aliphatic carbocycles. The number of ether oxygens (including phenoxy) is 1. The molecular weight excluding hydrogens is 361 g/mol. The molecule has 2 aromatic carbocycles. The van der Waals surface area contributed by atoms with E-state index in [0.717, 1.165) is 12.1 Å². The van der Waals surface area contributed by atoms with E-state index in [1.54, 1.807) is 18.2 Å². The first-order valence-corrected chi connectivity index (χ1v) is 8.30. The lowest BCUT2D eigenvalue weighted by Crippen LogP contribution is -2.37. The Labute approximate surface area is 141 Å². The average Bonchev–Trinajstić information content (AvgIpc) is 2.52. The van der Waals surface area contributed by atoms with Gasteiger partial charge in [-0.3, -0.25) is 4.79 Å². The maximum absolute atomic E-state index is 12.5. The van der Waals surface area contributed by atoms with E-state index in [0.29, 0.717) is 0 Å². The van der Waals surface area contributed by atoms with Crippen molar-refractivity contribution in [1.82, 2.24) is 4.72 Å². The number of primary amides is 1. The number of hydrogen-bond donors (Lipinski definition) is 2. The van der Waals surface area contributed by atoms with Crippen molar-refractivity contribution in [1.29, 1.82) is 0 Å². The highest BCUT2D eigenvalue weighted by Crippen LogP contribution is 2.30. The Hall–Kier alpha value is -2.59. The van der Waals surface area contributed by atoms with E-state index in [2.05, 4.69) is 4.74 Å². The van der Waals surface area contributed by atoms with Gasteiger partial charge in [0.15, 0.2) is 0 Å². The Morgan fingerprint density at radius 1 is 1.04 bits per heavy atom. The molecule has 0 aromatic heterocycles. The van der Waals surface area contributed by atoms with Crippen LogP contribution in [0.2, 0.25) is 0 Å². The van der Waals surface area contributed by atoms with Crippen LogP contribution >= 0.6 is 0 Å². The van der Waals surface area contributed by atoms with Crippen LogP contribution in [-0.4, -0.2) is 20.7 Å². The van der Waals surface area contributed by atoms with Gasteiger partial charge in [0, 0.05) is 0 Å². The second-order valence-electron chi connectivity index (χ2n) is 4.86. The fraction of sp³-hybridized carbons (Fsp3) is 0.133. The molecule has 3 N–H and O–H groups in total. The van der Waals surface area contributed by atoms with Gasteiger partial charge in [-0.1, -0.05) is 42.5 Å². The van der Waals surface area contributed by atoms with Gasteiger partial charge in [-0.25, -0.2) is 8.42 Å². The SMILES string of the molecule is NC(=O)C(NS(=O)(=O)c1ccccc1OC(F)(F)F)c1ccccc1. The van der Waals surface area contributed by atoms with Gasteiger partial charge in [0.05, 0.1) is 0 Å². The molecule has 2 rings (SSSR count). The molecule has 134 valence electrons. The molecule has 10 heteroatoms. The van der Waals surface area contributed by atoms with E-state index in [1.165, 1.54) is 24.3 Å². The molecule has 2 aromatic rings. The van der Waals surface area contributed by atoms with Crippen LogP contribution < -0.4 is 15.2 Å². The highest BCUT2D eigenvalue weighted by atomic mass is 32.2. The van der Waals surface area contributed by atoms with E-state index in [4.69, 9.17) is 5.73 Å². The standard InChI is InChI=1S/C15H13F3N2O4S/c16-15(17,18)24-11-8-4-5-9-12(11)25(22,23)20-13(14(19)21)10-6-2-1-3-7-10/h1-9,13,20H,(H2,19,21). The topological polar surface area (TPSA) is 98.5 Å². The van der Waals surface area contributed by atoms with Gasteiger partial charge in [0.2, 0.25) is 15.9 Å². The fourth-order valence-corrected chi connectivity index (χ4v) is 3.36. The van der Waals surface area contributed by atoms with E-state index >= 15 is 0 Å². The molecule has 0 saturated carbocycles. The normalized spacial score (nSPS) is 13.2. The van der Waals surface area contributed by atoms with Crippen molar-refractivity contribution in [2.45, 2.75) is 17.3 Å². The molecule has 1 amide bonds. The molecular formula is C15H13F3N2O4S. The molecule has 0 bridgehead atoms. The summed E-state index contributed by atoms with van der Waals surface area (Å²) in [7, 11) is -4.53. The number of carbonyl (C=O) groups excluding carboxylic acids is 1. The highest BCUT2D eigenvalue weighted by Gasteiger charge is 2.35. The summed E-state index contributed by atoms with van der Waals surface area (Å²) in [6.45, 7) is 0. The van der Waals surface area contributed by atoms with Crippen molar-refractivity contribution in [3.05, 3.63) is 60.2 Å². The third-order valence-corrected chi connectivity index (χ3v) is 4.52. The van der Waals surface area contributed by atoms with Gasteiger partial charge in [-0.2, -0.15) is 4.72 Å². The average molecular weight is 374 g/mol. The Kier molecular flexibility index (Phi) is 5.33. The van der Waals surface area contributed by atoms with Crippen LogP contribution in [0.4, 0.5) is 13.2 Å². The monoisotopic (exact) mass is 374 g/mol. The molecule has 0 radical (unpaired) electrons. The molecule has 25 heavy (non-hydrogen) atoms. The summed E-state index contributed by atoms with van der Waals surface area (Å²) in [5.41, 5.74) is 5.46. The van der Waals surface area contributed by atoms with Gasteiger partial charge in [0.25, 0.3) is 0 Å². The number of alkyl halides is 3. The molecule has 0 aliphatic heterocycles. The minimum absolute atomic E-state index is 0.243. The van der Waals surface area contributed by atoms with E-state index in [-0.39, 0.29) is 5.56 Å². The van der Waals surface area contributed by atoms with Crippen LogP contribution in [0.25, 0.3) is 0 Å². The lowest BCUT2D eigenvalue weighted by atomic mass is 10.1. The number of sulfonamides is 1. The number of carbonyl (C=O) groups is 1. The van der Waals surface area contributed by atoms with Gasteiger partial charge < -0.3 is 10.5 Å². The first-order valence-electron chi connectivity index (χ1n) is 6.81. The molecule has 0 aliphatic rings. The summed E-state index contributed by atoms with van der Waals surface area (Å²) < 4.78 is 68.0. The Morgan fingerprint density at radius 2 is 1.60 bits per heavy atom. The van der Waals surface area contributed by atoms with Gasteiger partial charge in [-0.15, -0.1) is 13.2 Å². The molecule has 0 fully saturated rings. The summed E-state index contributed by atoms with van der Waals surface area (Å²) in [6, 6.07) is 10.4. The number of para-hydroxylation sites is 1. The number of rotatable bonds is 6. The molecule has 0 saturated heterocycles. The quantitative estimate of drug-likeness (QED) is 0.809. The molecule has 1 atom stereocenters. The predicted molar refractivity (Wildman–Crippen MR) is 81.8 cm³/mol. The molecule has 0 heterocycles. The molecule has 6 nitrogen and oxygen atoms in total. The smallest absolute Gasteiger partial charge is 0.404 e. The Balaban J connectivity index is 2.40. The summed E-state index contributed by atoms with van der Waals surface area (Å²) in [5, 5.41) is 0. The lowest BCUT2D eigenvalue weighted by Gasteiger charge is -2.18. The van der Waals surface area contributed by atoms with Crippen molar-refractivity contribution in [3.8, 4) is 5.75 Å². The zero-order chi connectivity index (χ0) is 18.7. The van der Waals surface area contributed by atoms with E-state index in [1.807, 2.05) is 4.72 Å². The Bertz CT molecular complexity index is 855.